The minimum Gasteiger partial charge on any atom is -0.325 e. The number of aromatic nitrogens is 3. The molecule has 1 amide bonds. The Hall–Kier alpha value is -2.80. The van der Waals surface area contributed by atoms with Crippen molar-refractivity contribution in [1.29, 1.82) is 0 Å². The molecule has 1 aliphatic heterocycles. The molecule has 2 heterocycles. The summed E-state index contributed by atoms with van der Waals surface area (Å²) in [5, 5.41) is 11.8. The predicted octanol–water partition coefficient (Wildman–Crippen LogP) is 3.91. The van der Waals surface area contributed by atoms with Gasteiger partial charge in [-0.3, -0.25) is 4.79 Å². The van der Waals surface area contributed by atoms with Crippen LogP contribution in [-0.2, 0) is 4.79 Å². The number of thioether (sulfide) groups is 1. The van der Waals surface area contributed by atoms with Gasteiger partial charge in [0.2, 0.25) is 11.1 Å². The molecule has 2 atom stereocenters. The van der Waals surface area contributed by atoms with Crippen molar-refractivity contribution in [2.75, 3.05) is 10.7 Å². The predicted molar refractivity (Wildman–Crippen MR) is 112 cm³/mol. The zero-order valence-corrected chi connectivity index (χ0v) is 17.2. The van der Waals surface area contributed by atoms with Gasteiger partial charge in [-0.25, -0.2) is 4.68 Å². The van der Waals surface area contributed by atoms with Crippen LogP contribution in [0.5, 0.6) is 0 Å². The fourth-order valence-corrected chi connectivity index (χ4v) is 4.38. The molecular weight excluding hydrogens is 370 g/mol. The van der Waals surface area contributed by atoms with Gasteiger partial charge in [-0.2, -0.15) is 0 Å². The maximum atomic E-state index is 13.3. The summed E-state index contributed by atoms with van der Waals surface area (Å²) in [6.07, 6.45) is 0. The van der Waals surface area contributed by atoms with Gasteiger partial charge in [0.05, 0.1) is 6.04 Å². The molecule has 1 aliphatic rings. The second-order valence-corrected chi connectivity index (χ2v) is 8.34. The lowest BCUT2D eigenvalue weighted by Gasteiger charge is -2.33. The summed E-state index contributed by atoms with van der Waals surface area (Å²) in [4.78, 5) is 13.3. The van der Waals surface area contributed by atoms with Gasteiger partial charge in [0.15, 0.2) is 0 Å². The molecule has 0 saturated carbocycles. The van der Waals surface area contributed by atoms with Crippen LogP contribution in [0.15, 0.2) is 47.6 Å². The first-order valence-corrected chi connectivity index (χ1v) is 10.1. The molecule has 144 valence electrons. The van der Waals surface area contributed by atoms with E-state index in [1.807, 2.05) is 43.6 Å². The largest absolute Gasteiger partial charge is 0.325 e. The molecule has 0 radical (unpaired) electrons. The Morgan fingerprint density at radius 1 is 1.04 bits per heavy atom. The van der Waals surface area contributed by atoms with Gasteiger partial charge in [0, 0.05) is 5.69 Å². The van der Waals surface area contributed by atoms with E-state index < -0.39 is 0 Å². The molecule has 7 heteroatoms. The first-order chi connectivity index (χ1) is 13.4. The molecule has 0 spiro atoms. The number of nitrogens with one attached hydrogen (secondary N) is 2. The fraction of sp³-hybridized carbons (Fsp3) is 0.286. The SMILES string of the molecule is Cc1ccc([C@H]2Nn3c(C)nnc3S[C@H]2C(=O)Nc2cc(C)ccc2C)cc1. The number of carbonyl (C=O) groups excluding carboxylic acids is 1. The molecule has 3 aromatic rings. The maximum absolute atomic E-state index is 13.3. The highest BCUT2D eigenvalue weighted by Crippen LogP contribution is 2.37. The van der Waals surface area contributed by atoms with Gasteiger partial charge >= 0.3 is 0 Å². The van der Waals surface area contributed by atoms with Crippen LogP contribution in [0, 0.1) is 27.7 Å². The number of aryl methyl sites for hydroxylation is 4. The summed E-state index contributed by atoms with van der Waals surface area (Å²) in [5.74, 6) is 0.719. The third-order valence-electron chi connectivity index (χ3n) is 4.94. The number of benzene rings is 2. The quantitative estimate of drug-likeness (QED) is 0.706. The Morgan fingerprint density at radius 3 is 2.50 bits per heavy atom. The lowest BCUT2D eigenvalue weighted by atomic mass is 10.0. The third-order valence-corrected chi connectivity index (χ3v) is 6.16. The summed E-state index contributed by atoms with van der Waals surface area (Å²) in [7, 11) is 0. The van der Waals surface area contributed by atoms with E-state index in [0.29, 0.717) is 5.16 Å². The Bertz CT molecular complexity index is 1030. The van der Waals surface area contributed by atoms with Gasteiger partial charge in [0.1, 0.15) is 11.1 Å². The molecule has 6 nitrogen and oxygen atoms in total. The molecule has 0 aliphatic carbocycles. The van der Waals surface area contributed by atoms with E-state index in [1.165, 1.54) is 17.3 Å². The molecule has 28 heavy (non-hydrogen) atoms. The van der Waals surface area contributed by atoms with E-state index in [-0.39, 0.29) is 17.2 Å². The molecule has 2 aromatic carbocycles. The average Bonchev–Trinajstić information content (AvgIpc) is 3.04. The molecule has 4 rings (SSSR count). The molecule has 0 unspecified atom stereocenters. The molecule has 0 bridgehead atoms. The number of anilines is 1. The summed E-state index contributed by atoms with van der Waals surface area (Å²) in [6.45, 7) is 7.97. The van der Waals surface area contributed by atoms with Crippen LogP contribution in [0.25, 0.3) is 0 Å². The Labute approximate surface area is 168 Å². The minimum absolute atomic E-state index is 0.0521. The van der Waals surface area contributed by atoms with Crippen molar-refractivity contribution < 1.29 is 4.79 Å². The van der Waals surface area contributed by atoms with Crippen LogP contribution in [0.1, 0.15) is 34.1 Å². The molecule has 0 saturated heterocycles. The molecular formula is C21H23N5OS. The highest BCUT2D eigenvalue weighted by molar-refractivity contribution is 8.00. The van der Waals surface area contributed by atoms with Crippen molar-refractivity contribution in [3.63, 3.8) is 0 Å². The molecule has 1 aromatic heterocycles. The lowest BCUT2D eigenvalue weighted by molar-refractivity contribution is -0.116. The van der Waals surface area contributed by atoms with Gasteiger partial charge in [-0.15, -0.1) is 10.2 Å². The Kier molecular flexibility index (Phi) is 4.85. The zero-order valence-electron chi connectivity index (χ0n) is 16.4. The highest BCUT2D eigenvalue weighted by atomic mass is 32.2. The normalized spacial score (nSPS) is 18.3. The van der Waals surface area contributed by atoms with Crippen LogP contribution >= 0.6 is 11.8 Å². The van der Waals surface area contributed by atoms with E-state index in [9.17, 15) is 4.79 Å². The molecule has 0 fully saturated rings. The minimum atomic E-state index is -0.376. The second-order valence-electron chi connectivity index (χ2n) is 7.23. The smallest absolute Gasteiger partial charge is 0.240 e. The number of hydrogen-bond donors (Lipinski definition) is 2. The monoisotopic (exact) mass is 393 g/mol. The zero-order chi connectivity index (χ0) is 19.8. The van der Waals surface area contributed by atoms with E-state index >= 15 is 0 Å². The fourth-order valence-electron chi connectivity index (χ4n) is 3.26. The Balaban J connectivity index is 1.68. The van der Waals surface area contributed by atoms with Crippen molar-refractivity contribution in [3.05, 3.63) is 70.5 Å². The van der Waals surface area contributed by atoms with Crippen LogP contribution in [0.2, 0.25) is 0 Å². The van der Waals surface area contributed by atoms with Crippen molar-refractivity contribution in [2.45, 2.75) is 44.1 Å². The van der Waals surface area contributed by atoms with E-state index in [0.717, 1.165) is 28.2 Å². The van der Waals surface area contributed by atoms with Crippen molar-refractivity contribution in [2.24, 2.45) is 0 Å². The highest BCUT2D eigenvalue weighted by Gasteiger charge is 2.37. The van der Waals surface area contributed by atoms with E-state index in [2.05, 4.69) is 52.1 Å². The average molecular weight is 394 g/mol. The van der Waals surface area contributed by atoms with Crippen LogP contribution in [0.4, 0.5) is 5.69 Å². The summed E-state index contributed by atoms with van der Waals surface area (Å²) < 4.78 is 1.86. The van der Waals surface area contributed by atoms with Crippen molar-refractivity contribution in [1.82, 2.24) is 14.9 Å². The third kappa shape index (κ3) is 3.49. The van der Waals surface area contributed by atoms with Crippen molar-refractivity contribution >= 4 is 23.4 Å². The number of amides is 1. The van der Waals surface area contributed by atoms with Crippen molar-refractivity contribution in [3.8, 4) is 0 Å². The summed E-state index contributed by atoms with van der Waals surface area (Å²) >= 11 is 1.44. The first kappa shape index (κ1) is 18.6. The van der Waals surface area contributed by atoms with Gasteiger partial charge in [0.25, 0.3) is 0 Å². The van der Waals surface area contributed by atoms with Crippen LogP contribution in [-0.4, -0.2) is 26.0 Å². The van der Waals surface area contributed by atoms with Crippen LogP contribution < -0.4 is 10.7 Å². The number of nitrogens with zero attached hydrogens (tertiary/aromatic N) is 3. The number of hydrogen-bond acceptors (Lipinski definition) is 5. The van der Waals surface area contributed by atoms with E-state index in [4.69, 9.17) is 0 Å². The number of rotatable bonds is 3. The topological polar surface area (TPSA) is 71.8 Å². The van der Waals surface area contributed by atoms with Gasteiger partial charge in [-0.05, 0) is 50.5 Å². The van der Waals surface area contributed by atoms with Gasteiger partial charge < -0.3 is 10.7 Å². The number of carbonyl (C=O) groups is 1. The lowest BCUT2D eigenvalue weighted by Crippen LogP contribution is -2.41. The second kappa shape index (κ2) is 7.31. The Morgan fingerprint density at radius 2 is 1.75 bits per heavy atom. The van der Waals surface area contributed by atoms with Crippen LogP contribution in [0.3, 0.4) is 0 Å². The molecule has 2 N–H and O–H groups in total. The summed E-state index contributed by atoms with van der Waals surface area (Å²) in [6, 6.07) is 14.1. The van der Waals surface area contributed by atoms with E-state index in [1.54, 1.807) is 0 Å². The summed E-state index contributed by atoms with van der Waals surface area (Å²) in [5.41, 5.74) is 8.67. The maximum Gasteiger partial charge on any atom is 0.240 e. The first-order valence-electron chi connectivity index (χ1n) is 9.22. The number of fused-ring (bicyclic) bond motifs is 1. The van der Waals surface area contributed by atoms with Gasteiger partial charge in [-0.1, -0.05) is 53.7 Å². The standard InChI is InChI=1S/C21H23N5OS/c1-12-6-9-16(10-7-12)18-19(28-21-24-23-15(4)26(21)25-18)20(27)22-17-11-13(2)5-8-14(17)3/h5-11,18-19,25H,1-4H3,(H,22,27)/t18-,19-/m1/s1.